The number of benzene rings is 2. The molecule has 11 heteroatoms. The Labute approximate surface area is 184 Å². The quantitative estimate of drug-likeness (QED) is 0.465. The van der Waals surface area contributed by atoms with Gasteiger partial charge in [-0.3, -0.25) is 19.3 Å². The molecule has 168 valence electrons. The highest BCUT2D eigenvalue weighted by molar-refractivity contribution is 7.89. The smallest absolute Gasteiger partial charge is 0.330 e. The molecule has 2 aromatic carbocycles. The summed E-state index contributed by atoms with van der Waals surface area (Å²) in [6, 6.07) is 10.3. The van der Waals surface area contributed by atoms with Crippen LogP contribution in [0, 0.1) is 5.92 Å². The van der Waals surface area contributed by atoms with Gasteiger partial charge in [0.2, 0.25) is 10.0 Å². The Kier molecular flexibility index (Phi) is 6.42. The molecule has 10 nitrogen and oxygen atoms in total. The lowest BCUT2D eigenvalue weighted by Gasteiger charge is -2.27. The van der Waals surface area contributed by atoms with Crippen LogP contribution in [0.4, 0.5) is 5.69 Å². The SMILES string of the molecule is CC(C)C(C(=O)OCC(=O)Nc1cccc(S(N)(=O)=O)c1)N1C(=O)c2ccccc2C1=O. The molecule has 2 aromatic rings. The number of nitrogens with two attached hydrogens (primary N) is 1. The summed E-state index contributed by atoms with van der Waals surface area (Å²) < 4.78 is 27.9. The number of imide groups is 1. The van der Waals surface area contributed by atoms with Crippen LogP contribution in [0.5, 0.6) is 0 Å². The van der Waals surface area contributed by atoms with Crippen LogP contribution in [-0.2, 0) is 24.3 Å². The van der Waals surface area contributed by atoms with Crippen molar-refractivity contribution in [2.75, 3.05) is 11.9 Å². The van der Waals surface area contributed by atoms with Crippen molar-refractivity contribution in [2.45, 2.75) is 24.8 Å². The van der Waals surface area contributed by atoms with Gasteiger partial charge in [-0.2, -0.15) is 0 Å². The first-order chi connectivity index (χ1) is 15.0. The third kappa shape index (κ3) is 4.68. The lowest BCUT2D eigenvalue weighted by Crippen LogP contribution is -2.49. The van der Waals surface area contributed by atoms with Gasteiger partial charge >= 0.3 is 5.97 Å². The molecule has 0 aromatic heterocycles. The number of anilines is 1. The van der Waals surface area contributed by atoms with Crippen molar-refractivity contribution >= 4 is 39.4 Å². The van der Waals surface area contributed by atoms with E-state index in [0.29, 0.717) is 0 Å². The number of carbonyl (C=O) groups is 4. The maximum atomic E-state index is 12.7. The predicted octanol–water partition coefficient (Wildman–Crippen LogP) is 1.14. The Morgan fingerprint density at radius 2 is 1.62 bits per heavy atom. The highest BCUT2D eigenvalue weighted by atomic mass is 32.2. The van der Waals surface area contributed by atoms with Crippen molar-refractivity contribution in [1.82, 2.24) is 4.90 Å². The van der Waals surface area contributed by atoms with E-state index in [1.54, 1.807) is 26.0 Å². The van der Waals surface area contributed by atoms with Crippen LogP contribution >= 0.6 is 0 Å². The molecule has 32 heavy (non-hydrogen) atoms. The van der Waals surface area contributed by atoms with Gasteiger partial charge in [-0.05, 0) is 36.2 Å². The standard InChI is InChI=1S/C21H21N3O7S/c1-12(2)18(24-19(26)15-8-3-4-9-16(15)20(24)27)21(28)31-11-17(25)23-13-6-5-7-14(10-13)32(22,29)30/h3-10,12,18H,11H2,1-2H3,(H,23,25)(H2,22,29,30). The zero-order chi connectivity index (χ0) is 23.6. The number of sulfonamides is 1. The van der Waals surface area contributed by atoms with Gasteiger partial charge in [0.15, 0.2) is 6.61 Å². The van der Waals surface area contributed by atoms with Gasteiger partial charge in [-0.25, -0.2) is 18.4 Å². The van der Waals surface area contributed by atoms with Crippen LogP contribution in [-0.4, -0.2) is 49.7 Å². The van der Waals surface area contributed by atoms with Crippen molar-refractivity contribution < 1.29 is 32.3 Å². The lowest BCUT2D eigenvalue weighted by molar-refractivity contribution is -0.152. The fourth-order valence-corrected chi connectivity index (χ4v) is 3.87. The van der Waals surface area contributed by atoms with E-state index in [0.717, 1.165) is 11.0 Å². The minimum absolute atomic E-state index is 0.137. The summed E-state index contributed by atoms with van der Waals surface area (Å²) in [6.45, 7) is 2.59. The third-order valence-corrected chi connectivity index (χ3v) is 5.68. The molecule has 0 spiro atoms. The molecule has 0 bridgehead atoms. The van der Waals surface area contributed by atoms with Crippen LogP contribution in [0.3, 0.4) is 0 Å². The molecule has 0 radical (unpaired) electrons. The van der Waals surface area contributed by atoms with E-state index in [4.69, 9.17) is 9.88 Å². The summed E-state index contributed by atoms with van der Waals surface area (Å²) >= 11 is 0. The van der Waals surface area contributed by atoms with E-state index in [1.165, 1.54) is 30.3 Å². The first-order valence-electron chi connectivity index (χ1n) is 9.57. The number of hydrogen-bond donors (Lipinski definition) is 2. The number of esters is 1. The fourth-order valence-electron chi connectivity index (χ4n) is 3.31. The Morgan fingerprint density at radius 1 is 1.03 bits per heavy atom. The van der Waals surface area contributed by atoms with Crippen molar-refractivity contribution in [2.24, 2.45) is 11.1 Å². The number of primary sulfonamides is 1. The number of rotatable bonds is 7. The first kappa shape index (κ1) is 23.1. The average molecular weight is 459 g/mol. The summed E-state index contributed by atoms with van der Waals surface area (Å²) in [5.74, 6) is -3.34. The topological polar surface area (TPSA) is 153 Å². The van der Waals surface area contributed by atoms with E-state index in [-0.39, 0.29) is 21.7 Å². The number of fused-ring (bicyclic) bond motifs is 1. The Morgan fingerprint density at radius 3 is 2.16 bits per heavy atom. The van der Waals surface area contributed by atoms with Crippen LogP contribution in [0.1, 0.15) is 34.6 Å². The largest absolute Gasteiger partial charge is 0.454 e. The zero-order valence-electron chi connectivity index (χ0n) is 17.3. The average Bonchev–Trinajstić information content (AvgIpc) is 2.97. The van der Waals surface area contributed by atoms with E-state index >= 15 is 0 Å². The molecule has 1 unspecified atom stereocenters. The summed E-state index contributed by atoms with van der Waals surface area (Å²) in [7, 11) is -3.96. The molecule has 3 amide bonds. The number of carbonyl (C=O) groups excluding carboxylic acids is 4. The molecule has 1 heterocycles. The number of amides is 3. The molecule has 1 aliphatic heterocycles. The van der Waals surface area contributed by atoms with Crippen LogP contribution in [0.15, 0.2) is 53.4 Å². The molecule has 0 fully saturated rings. The summed E-state index contributed by atoms with van der Waals surface area (Å²) in [6.07, 6.45) is 0. The van der Waals surface area contributed by atoms with E-state index < -0.39 is 52.3 Å². The lowest BCUT2D eigenvalue weighted by atomic mass is 10.0. The highest BCUT2D eigenvalue weighted by Gasteiger charge is 2.44. The second kappa shape index (κ2) is 8.89. The van der Waals surface area contributed by atoms with E-state index in [2.05, 4.69) is 5.32 Å². The van der Waals surface area contributed by atoms with Gasteiger partial charge < -0.3 is 10.1 Å². The molecule has 1 aliphatic rings. The maximum absolute atomic E-state index is 12.7. The molecular formula is C21H21N3O7S. The molecule has 3 rings (SSSR count). The molecule has 0 aliphatic carbocycles. The Hall–Kier alpha value is -3.57. The Bertz CT molecular complexity index is 1170. The van der Waals surface area contributed by atoms with Crippen molar-refractivity contribution in [3.05, 3.63) is 59.7 Å². The van der Waals surface area contributed by atoms with Crippen molar-refractivity contribution in [1.29, 1.82) is 0 Å². The van der Waals surface area contributed by atoms with Gasteiger partial charge in [0.05, 0.1) is 16.0 Å². The number of ether oxygens (including phenoxy) is 1. The number of hydrogen-bond acceptors (Lipinski definition) is 7. The molecular weight excluding hydrogens is 438 g/mol. The minimum Gasteiger partial charge on any atom is -0.454 e. The molecule has 0 saturated carbocycles. The maximum Gasteiger partial charge on any atom is 0.330 e. The van der Waals surface area contributed by atoms with E-state index in [9.17, 15) is 27.6 Å². The molecule has 1 atom stereocenters. The van der Waals surface area contributed by atoms with Gasteiger partial charge in [0.1, 0.15) is 6.04 Å². The second-order valence-electron chi connectivity index (χ2n) is 7.44. The summed E-state index contributed by atoms with van der Waals surface area (Å²) in [5.41, 5.74) is 0.533. The van der Waals surface area contributed by atoms with Crippen LogP contribution in [0.2, 0.25) is 0 Å². The normalized spacial score (nSPS) is 14.3. The monoisotopic (exact) mass is 459 g/mol. The first-order valence-corrected chi connectivity index (χ1v) is 11.1. The molecule has 3 N–H and O–H groups in total. The summed E-state index contributed by atoms with van der Waals surface area (Å²) in [5, 5.41) is 7.46. The van der Waals surface area contributed by atoms with Gasteiger partial charge in [-0.15, -0.1) is 0 Å². The molecule has 0 saturated heterocycles. The zero-order valence-corrected chi connectivity index (χ0v) is 18.1. The van der Waals surface area contributed by atoms with Crippen molar-refractivity contribution in [3.63, 3.8) is 0 Å². The van der Waals surface area contributed by atoms with Gasteiger partial charge in [0.25, 0.3) is 17.7 Å². The predicted molar refractivity (Wildman–Crippen MR) is 113 cm³/mol. The van der Waals surface area contributed by atoms with E-state index in [1.807, 2.05) is 0 Å². The van der Waals surface area contributed by atoms with Gasteiger partial charge in [-0.1, -0.05) is 32.0 Å². The van der Waals surface area contributed by atoms with Crippen LogP contribution in [0.25, 0.3) is 0 Å². The number of nitrogens with zero attached hydrogens (tertiary/aromatic N) is 1. The minimum atomic E-state index is -3.96. The second-order valence-corrected chi connectivity index (χ2v) is 9.00. The Balaban J connectivity index is 1.68. The number of nitrogens with one attached hydrogen (secondary N) is 1. The van der Waals surface area contributed by atoms with Crippen LogP contribution < -0.4 is 10.5 Å². The van der Waals surface area contributed by atoms with Crippen molar-refractivity contribution in [3.8, 4) is 0 Å². The third-order valence-electron chi connectivity index (χ3n) is 4.77. The highest BCUT2D eigenvalue weighted by Crippen LogP contribution is 2.27. The van der Waals surface area contributed by atoms with Gasteiger partial charge in [0, 0.05) is 5.69 Å². The fraction of sp³-hybridized carbons (Fsp3) is 0.238. The summed E-state index contributed by atoms with van der Waals surface area (Å²) in [4.78, 5) is 51.0.